The summed E-state index contributed by atoms with van der Waals surface area (Å²) in [6.07, 6.45) is 1.73. The molecule has 0 bridgehead atoms. The van der Waals surface area contributed by atoms with Crippen molar-refractivity contribution >= 4 is 23.1 Å². The third-order valence-electron chi connectivity index (χ3n) is 4.22. The van der Waals surface area contributed by atoms with Crippen molar-refractivity contribution in [3.63, 3.8) is 0 Å². The van der Waals surface area contributed by atoms with E-state index in [1.165, 1.54) is 0 Å². The third kappa shape index (κ3) is 3.17. The van der Waals surface area contributed by atoms with E-state index < -0.39 is 0 Å². The summed E-state index contributed by atoms with van der Waals surface area (Å²) in [5.74, 6) is 0.215. The van der Waals surface area contributed by atoms with Gasteiger partial charge < -0.3 is 4.57 Å². The van der Waals surface area contributed by atoms with Crippen LogP contribution in [0.5, 0.6) is 0 Å². The molecule has 2 heterocycles. The number of nitrogens with one attached hydrogen (secondary N) is 2. The highest BCUT2D eigenvalue weighted by Gasteiger charge is 2.20. The smallest absolute Gasteiger partial charge is 0.274 e. The maximum atomic E-state index is 12.1. The minimum Gasteiger partial charge on any atom is -0.347 e. The highest BCUT2D eigenvalue weighted by atomic mass is 16.1. The Morgan fingerprint density at radius 3 is 2.64 bits per heavy atom. The van der Waals surface area contributed by atoms with Crippen molar-refractivity contribution < 1.29 is 0 Å². The predicted molar refractivity (Wildman–Crippen MR) is 100 cm³/mol. The summed E-state index contributed by atoms with van der Waals surface area (Å²) in [4.78, 5) is 14.8. The molecule has 3 aromatic rings. The van der Waals surface area contributed by atoms with Crippen LogP contribution in [0.1, 0.15) is 37.7 Å². The number of aromatic amines is 1. The fourth-order valence-electron chi connectivity index (χ4n) is 2.75. The standard InChI is InChI=1S/C18H22N6O/c1-11-13(12-8-6-7-9-14(12)24(11)5)10-19-22-17-20-16(25)15(21-23-17)18(2,3)4/h6-10H,1-5H3,(H2,20,22,23,25)/b19-10+. The Morgan fingerprint density at radius 1 is 1.24 bits per heavy atom. The Balaban J connectivity index is 1.87. The van der Waals surface area contributed by atoms with E-state index in [0.29, 0.717) is 5.69 Å². The number of aromatic nitrogens is 4. The van der Waals surface area contributed by atoms with Crippen LogP contribution in [0.4, 0.5) is 5.95 Å². The molecule has 0 radical (unpaired) electrons. The molecule has 0 saturated heterocycles. The number of benzene rings is 1. The third-order valence-corrected chi connectivity index (χ3v) is 4.22. The van der Waals surface area contributed by atoms with Crippen LogP contribution >= 0.6 is 0 Å². The van der Waals surface area contributed by atoms with Gasteiger partial charge in [0, 0.05) is 34.6 Å². The van der Waals surface area contributed by atoms with E-state index in [0.717, 1.165) is 22.2 Å². The van der Waals surface area contributed by atoms with Gasteiger partial charge in [0.25, 0.3) is 5.56 Å². The molecule has 7 nitrogen and oxygen atoms in total. The average molecular weight is 338 g/mol. The Bertz CT molecular complexity index is 1010. The van der Waals surface area contributed by atoms with Gasteiger partial charge in [-0.15, -0.1) is 10.2 Å². The molecule has 130 valence electrons. The number of hydrogen-bond donors (Lipinski definition) is 2. The van der Waals surface area contributed by atoms with Crippen molar-refractivity contribution in [1.82, 2.24) is 19.7 Å². The second kappa shape index (κ2) is 6.16. The zero-order chi connectivity index (χ0) is 18.2. The van der Waals surface area contributed by atoms with Crippen LogP contribution in [0.2, 0.25) is 0 Å². The first kappa shape index (κ1) is 16.9. The quantitative estimate of drug-likeness (QED) is 0.568. The molecule has 2 aromatic heterocycles. The Hall–Kier alpha value is -2.96. The number of fused-ring (bicyclic) bond motifs is 1. The van der Waals surface area contributed by atoms with Gasteiger partial charge >= 0.3 is 0 Å². The van der Waals surface area contributed by atoms with Crippen LogP contribution in [0, 0.1) is 6.92 Å². The summed E-state index contributed by atoms with van der Waals surface area (Å²) in [5.41, 5.74) is 5.79. The lowest BCUT2D eigenvalue weighted by Gasteiger charge is -2.15. The largest absolute Gasteiger partial charge is 0.347 e. The van der Waals surface area contributed by atoms with Crippen molar-refractivity contribution in [2.45, 2.75) is 33.1 Å². The monoisotopic (exact) mass is 338 g/mol. The predicted octanol–water partition coefficient (Wildman–Crippen LogP) is 2.71. The summed E-state index contributed by atoms with van der Waals surface area (Å²) in [7, 11) is 2.02. The maximum absolute atomic E-state index is 12.1. The molecule has 3 rings (SSSR count). The van der Waals surface area contributed by atoms with Gasteiger partial charge in [0.15, 0.2) is 0 Å². The fraction of sp³-hybridized carbons (Fsp3) is 0.333. The van der Waals surface area contributed by atoms with Crippen molar-refractivity contribution in [1.29, 1.82) is 0 Å². The van der Waals surface area contributed by atoms with Crippen molar-refractivity contribution in [2.75, 3.05) is 5.43 Å². The van der Waals surface area contributed by atoms with Crippen LogP contribution in [-0.4, -0.2) is 26.0 Å². The lowest BCUT2D eigenvalue weighted by atomic mass is 9.93. The summed E-state index contributed by atoms with van der Waals surface area (Å²) < 4.78 is 2.12. The number of nitrogens with zero attached hydrogens (tertiary/aromatic N) is 4. The SMILES string of the molecule is Cc1c(/C=N/Nc2nnc(C(C)(C)C)c(=O)[nH]2)c2ccccc2n1C. The first-order valence-electron chi connectivity index (χ1n) is 8.09. The summed E-state index contributed by atoms with van der Waals surface area (Å²) in [6.45, 7) is 7.80. The van der Waals surface area contributed by atoms with E-state index >= 15 is 0 Å². The van der Waals surface area contributed by atoms with Gasteiger partial charge in [-0.1, -0.05) is 39.0 Å². The van der Waals surface area contributed by atoms with Gasteiger partial charge in [0.05, 0.1) is 6.21 Å². The first-order chi connectivity index (χ1) is 11.8. The van der Waals surface area contributed by atoms with Gasteiger partial charge in [-0.2, -0.15) is 5.10 Å². The molecule has 0 atom stereocenters. The van der Waals surface area contributed by atoms with E-state index in [2.05, 4.69) is 42.4 Å². The maximum Gasteiger partial charge on any atom is 0.274 e. The minimum absolute atomic E-state index is 0.215. The number of H-pyrrole nitrogens is 1. The highest BCUT2D eigenvalue weighted by Crippen LogP contribution is 2.23. The van der Waals surface area contributed by atoms with E-state index in [4.69, 9.17) is 0 Å². The lowest BCUT2D eigenvalue weighted by Crippen LogP contribution is -2.28. The molecule has 0 aliphatic carbocycles. The topological polar surface area (TPSA) is 88.0 Å². The molecular formula is C18H22N6O. The highest BCUT2D eigenvalue weighted by molar-refractivity contribution is 6.01. The van der Waals surface area contributed by atoms with Crippen molar-refractivity contribution in [3.8, 4) is 0 Å². The molecular weight excluding hydrogens is 316 g/mol. The number of hydrazone groups is 1. The molecule has 0 spiro atoms. The van der Waals surface area contributed by atoms with Gasteiger partial charge in [-0.3, -0.25) is 9.78 Å². The summed E-state index contributed by atoms with van der Waals surface area (Å²) in [6, 6.07) is 8.14. The van der Waals surface area contributed by atoms with Gasteiger partial charge in [-0.05, 0) is 13.0 Å². The Labute approximate surface area is 145 Å². The van der Waals surface area contributed by atoms with Gasteiger partial charge in [0.1, 0.15) is 5.69 Å². The number of para-hydroxylation sites is 1. The van der Waals surface area contributed by atoms with E-state index in [9.17, 15) is 4.79 Å². The second-order valence-electron chi connectivity index (χ2n) is 7.05. The Morgan fingerprint density at radius 2 is 1.96 bits per heavy atom. The second-order valence-corrected chi connectivity index (χ2v) is 7.05. The molecule has 25 heavy (non-hydrogen) atoms. The van der Waals surface area contributed by atoms with E-state index in [1.54, 1.807) is 6.21 Å². The van der Waals surface area contributed by atoms with Crippen LogP contribution in [0.15, 0.2) is 34.2 Å². The first-order valence-corrected chi connectivity index (χ1v) is 8.09. The molecule has 1 aromatic carbocycles. The zero-order valence-corrected chi connectivity index (χ0v) is 15.1. The van der Waals surface area contributed by atoms with E-state index in [1.807, 2.05) is 46.9 Å². The van der Waals surface area contributed by atoms with Gasteiger partial charge in [0.2, 0.25) is 5.95 Å². The molecule has 7 heteroatoms. The normalized spacial score (nSPS) is 12.2. The number of hydrogen-bond acceptors (Lipinski definition) is 5. The summed E-state index contributed by atoms with van der Waals surface area (Å²) >= 11 is 0. The van der Waals surface area contributed by atoms with Crippen molar-refractivity contribution in [2.24, 2.45) is 12.1 Å². The lowest BCUT2D eigenvalue weighted by molar-refractivity contribution is 0.547. The molecule has 2 N–H and O–H groups in total. The minimum atomic E-state index is -0.359. The van der Waals surface area contributed by atoms with Crippen molar-refractivity contribution in [3.05, 3.63) is 51.6 Å². The number of anilines is 1. The van der Waals surface area contributed by atoms with Gasteiger partial charge in [-0.25, -0.2) is 5.43 Å². The van der Waals surface area contributed by atoms with E-state index in [-0.39, 0.29) is 16.9 Å². The van der Waals surface area contributed by atoms with Crippen LogP contribution in [-0.2, 0) is 12.5 Å². The molecule has 0 saturated carbocycles. The van der Waals surface area contributed by atoms with Crippen LogP contribution in [0.3, 0.4) is 0 Å². The number of rotatable bonds is 3. The van der Waals surface area contributed by atoms with Crippen LogP contribution < -0.4 is 11.0 Å². The number of aryl methyl sites for hydroxylation is 1. The van der Waals surface area contributed by atoms with Crippen LogP contribution in [0.25, 0.3) is 10.9 Å². The molecule has 0 aliphatic heterocycles. The molecule has 0 fully saturated rings. The molecule has 0 amide bonds. The summed E-state index contributed by atoms with van der Waals surface area (Å²) in [5, 5.41) is 13.3. The Kier molecular flexibility index (Phi) is 4.16. The fourth-order valence-corrected chi connectivity index (χ4v) is 2.75. The molecule has 0 aliphatic rings. The molecule has 0 unspecified atom stereocenters. The zero-order valence-electron chi connectivity index (χ0n) is 15.1. The average Bonchev–Trinajstić information content (AvgIpc) is 2.79.